The van der Waals surface area contributed by atoms with Crippen LogP contribution in [0.2, 0.25) is 5.02 Å². The molecule has 1 aliphatic carbocycles. The lowest BCUT2D eigenvalue weighted by Gasteiger charge is -2.23. The summed E-state index contributed by atoms with van der Waals surface area (Å²) in [6.07, 6.45) is 6.17. The summed E-state index contributed by atoms with van der Waals surface area (Å²) in [7, 11) is -3.61. The molecule has 1 aromatic carbocycles. The monoisotopic (exact) mass is 371 g/mol. The molecule has 0 aromatic heterocycles. The van der Waals surface area contributed by atoms with Crippen LogP contribution in [-0.4, -0.2) is 32.8 Å². The van der Waals surface area contributed by atoms with Gasteiger partial charge < -0.3 is 0 Å². The molecule has 2 rings (SSSR count). The van der Waals surface area contributed by atoms with Crippen molar-refractivity contribution >= 4 is 38.9 Å². The summed E-state index contributed by atoms with van der Waals surface area (Å²) in [4.78, 5) is 12.1. The Kier molecular flexibility index (Phi) is 6.23. The number of sulfonamides is 1. The van der Waals surface area contributed by atoms with E-state index in [-0.39, 0.29) is 6.54 Å². The van der Waals surface area contributed by atoms with Crippen LogP contribution >= 0.6 is 11.6 Å². The van der Waals surface area contributed by atoms with Gasteiger partial charge in [0.2, 0.25) is 10.0 Å². The normalized spacial score (nSPS) is 15.0. The van der Waals surface area contributed by atoms with E-state index in [0.717, 1.165) is 42.0 Å². The van der Waals surface area contributed by atoms with Crippen LogP contribution < -0.4 is 9.73 Å². The topological polar surface area (TPSA) is 78.8 Å². The van der Waals surface area contributed by atoms with Crippen molar-refractivity contribution in [1.29, 1.82) is 0 Å². The van der Waals surface area contributed by atoms with E-state index in [0.29, 0.717) is 16.3 Å². The Balaban J connectivity index is 2.13. The number of benzene rings is 1. The van der Waals surface area contributed by atoms with Crippen molar-refractivity contribution in [2.24, 2.45) is 5.10 Å². The summed E-state index contributed by atoms with van der Waals surface area (Å²) in [6, 6.07) is 4.86. The van der Waals surface area contributed by atoms with E-state index in [1.165, 1.54) is 6.42 Å². The van der Waals surface area contributed by atoms with E-state index in [9.17, 15) is 13.2 Å². The number of anilines is 1. The Morgan fingerprint density at radius 2 is 1.96 bits per heavy atom. The van der Waals surface area contributed by atoms with Crippen molar-refractivity contribution in [1.82, 2.24) is 5.43 Å². The Labute approximate surface area is 147 Å². The molecular weight excluding hydrogens is 350 g/mol. The highest BCUT2D eigenvalue weighted by Gasteiger charge is 2.22. The molecule has 132 valence electrons. The van der Waals surface area contributed by atoms with E-state index in [4.69, 9.17) is 11.6 Å². The van der Waals surface area contributed by atoms with Gasteiger partial charge in [0.1, 0.15) is 6.54 Å². The van der Waals surface area contributed by atoms with Gasteiger partial charge in [-0.3, -0.25) is 9.10 Å². The summed E-state index contributed by atoms with van der Waals surface area (Å²) in [6.45, 7) is 1.43. The third-order valence-electron chi connectivity index (χ3n) is 3.88. The minimum Gasteiger partial charge on any atom is -0.271 e. The van der Waals surface area contributed by atoms with Gasteiger partial charge in [-0.15, -0.1) is 0 Å². The van der Waals surface area contributed by atoms with Crippen LogP contribution in [0, 0.1) is 6.92 Å². The fraction of sp³-hybridized carbons (Fsp3) is 0.500. The zero-order chi connectivity index (χ0) is 17.7. The second kappa shape index (κ2) is 7.98. The zero-order valence-electron chi connectivity index (χ0n) is 13.9. The maximum atomic E-state index is 12.1. The zero-order valence-corrected chi connectivity index (χ0v) is 15.5. The molecule has 6 nitrogen and oxygen atoms in total. The third-order valence-corrected chi connectivity index (χ3v) is 5.25. The minimum absolute atomic E-state index is 0.321. The van der Waals surface area contributed by atoms with Gasteiger partial charge in [-0.1, -0.05) is 18.0 Å². The molecule has 0 spiro atoms. The molecule has 0 unspecified atom stereocenters. The minimum atomic E-state index is -3.61. The van der Waals surface area contributed by atoms with Gasteiger partial charge in [0.25, 0.3) is 5.91 Å². The highest BCUT2D eigenvalue weighted by atomic mass is 35.5. The van der Waals surface area contributed by atoms with Crippen LogP contribution in [0.4, 0.5) is 5.69 Å². The number of rotatable bonds is 5. The first-order valence-corrected chi connectivity index (χ1v) is 10.1. The van der Waals surface area contributed by atoms with Crippen LogP contribution in [0.1, 0.15) is 37.7 Å². The molecule has 1 N–H and O–H groups in total. The average Bonchev–Trinajstić information content (AvgIpc) is 2.51. The Bertz CT molecular complexity index is 739. The number of nitrogens with zero attached hydrogens (tertiary/aromatic N) is 2. The molecule has 0 radical (unpaired) electrons. The molecule has 0 aliphatic heterocycles. The van der Waals surface area contributed by atoms with Crippen molar-refractivity contribution in [3.63, 3.8) is 0 Å². The molecule has 1 fully saturated rings. The number of amides is 1. The van der Waals surface area contributed by atoms with Crippen LogP contribution in [0.15, 0.2) is 23.3 Å². The summed E-state index contributed by atoms with van der Waals surface area (Å²) in [5.41, 5.74) is 4.55. The lowest BCUT2D eigenvalue weighted by molar-refractivity contribution is -0.119. The first-order chi connectivity index (χ1) is 11.3. The molecule has 8 heteroatoms. The first kappa shape index (κ1) is 18.7. The number of nitrogens with one attached hydrogen (secondary N) is 1. The van der Waals surface area contributed by atoms with Crippen molar-refractivity contribution in [3.8, 4) is 0 Å². The van der Waals surface area contributed by atoms with E-state index >= 15 is 0 Å². The summed E-state index contributed by atoms with van der Waals surface area (Å²) >= 11 is 5.91. The average molecular weight is 372 g/mol. The highest BCUT2D eigenvalue weighted by Crippen LogP contribution is 2.25. The van der Waals surface area contributed by atoms with Crippen molar-refractivity contribution in [2.75, 3.05) is 17.1 Å². The lowest BCUT2D eigenvalue weighted by Crippen LogP contribution is -2.39. The largest absolute Gasteiger partial charge is 0.271 e. The maximum Gasteiger partial charge on any atom is 0.260 e. The van der Waals surface area contributed by atoms with Crippen molar-refractivity contribution < 1.29 is 13.2 Å². The molecule has 1 amide bonds. The maximum absolute atomic E-state index is 12.1. The molecule has 0 saturated heterocycles. The number of hydrazone groups is 1. The summed E-state index contributed by atoms with van der Waals surface area (Å²) < 4.78 is 25.2. The van der Waals surface area contributed by atoms with Crippen LogP contribution in [-0.2, 0) is 14.8 Å². The SMILES string of the molecule is Cc1cc(Cl)ccc1N(CC(=O)NN=C1CCCCC1)S(C)(=O)=O. The predicted octanol–water partition coefficient (Wildman–Crippen LogP) is 2.85. The molecule has 0 bridgehead atoms. The number of hydrogen-bond acceptors (Lipinski definition) is 4. The van der Waals surface area contributed by atoms with Gasteiger partial charge in [0, 0.05) is 10.7 Å². The Morgan fingerprint density at radius 3 is 2.54 bits per heavy atom. The number of carbonyl (C=O) groups excluding carboxylic acids is 1. The molecular formula is C16H22ClN3O3S. The van der Waals surface area contributed by atoms with Gasteiger partial charge in [-0.25, -0.2) is 13.8 Å². The first-order valence-electron chi connectivity index (χ1n) is 7.85. The van der Waals surface area contributed by atoms with Gasteiger partial charge in [-0.05, 0) is 56.4 Å². The predicted molar refractivity (Wildman–Crippen MR) is 97.0 cm³/mol. The fourth-order valence-corrected chi connectivity index (χ4v) is 3.80. The second-order valence-corrected chi connectivity index (χ2v) is 8.32. The number of hydrogen-bond donors (Lipinski definition) is 1. The summed E-state index contributed by atoms with van der Waals surface area (Å²) in [5.74, 6) is -0.465. The number of carbonyl (C=O) groups is 1. The third kappa shape index (κ3) is 5.21. The van der Waals surface area contributed by atoms with Gasteiger partial charge in [-0.2, -0.15) is 5.10 Å². The molecule has 24 heavy (non-hydrogen) atoms. The van der Waals surface area contributed by atoms with Gasteiger partial charge in [0.15, 0.2) is 0 Å². The Hall–Kier alpha value is -1.60. The van der Waals surface area contributed by atoms with Crippen molar-refractivity contribution in [2.45, 2.75) is 39.0 Å². The van der Waals surface area contributed by atoms with Crippen LogP contribution in [0.25, 0.3) is 0 Å². The van der Waals surface area contributed by atoms with E-state index in [1.807, 2.05) is 0 Å². The highest BCUT2D eigenvalue weighted by molar-refractivity contribution is 7.92. The second-order valence-electron chi connectivity index (χ2n) is 5.97. The molecule has 1 aliphatic rings. The van der Waals surface area contributed by atoms with Gasteiger partial charge >= 0.3 is 0 Å². The van der Waals surface area contributed by atoms with E-state index < -0.39 is 15.9 Å². The standard InChI is InChI=1S/C16H22ClN3O3S/c1-12-10-13(17)8-9-15(12)20(24(2,22)23)11-16(21)19-18-14-6-4-3-5-7-14/h8-10H,3-7,11H2,1-2H3,(H,19,21). The quantitative estimate of drug-likeness (QED) is 0.808. The van der Waals surface area contributed by atoms with Crippen LogP contribution in [0.3, 0.4) is 0 Å². The number of halogens is 1. The molecule has 1 saturated carbocycles. The summed E-state index contributed by atoms with van der Waals surface area (Å²) in [5, 5.41) is 4.63. The van der Waals surface area contributed by atoms with E-state index in [2.05, 4.69) is 10.5 Å². The van der Waals surface area contributed by atoms with Crippen molar-refractivity contribution in [3.05, 3.63) is 28.8 Å². The fourth-order valence-electron chi connectivity index (χ4n) is 2.66. The molecule has 1 aromatic rings. The Morgan fingerprint density at radius 1 is 1.29 bits per heavy atom. The molecule has 0 atom stereocenters. The lowest BCUT2D eigenvalue weighted by atomic mass is 9.99. The smallest absolute Gasteiger partial charge is 0.260 e. The van der Waals surface area contributed by atoms with Crippen LogP contribution in [0.5, 0.6) is 0 Å². The molecule has 0 heterocycles. The van der Waals surface area contributed by atoms with E-state index in [1.54, 1.807) is 25.1 Å². The number of aryl methyl sites for hydroxylation is 1. The van der Waals surface area contributed by atoms with Gasteiger partial charge in [0.05, 0.1) is 11.9 Å².